The molecule has 3 nitrogen and oxygen atoms in total. The average molecular weight is 241 g/mol. The fraction of sp³-hybridized carbons (Fsp3) is 1.00. The molecular formula is C14H31N3. The molecule has 1 aliphatic rings. The van der Waals surface area contributed by atoms with Crippen LogP contribution in [0, 0.1) is 5.92 Å². The molecule has 0 aromatic heterocycles. The van der Waals surface area contributed by atoms with Crippen LogP contribution < -0.4 is 5.73 Å². The van der Waals surface area contributed by atoms with Crippen LogP contribution in [-0.4, -0.2) is 55.1 Å². The van der Waals surface area contributed by atoms with E-state index in [1.165, 1.54) is 32.5 Å². The second kappa shape index (κ2) is 7.34. The fourth-order valence-corrected chi connectivity index (χ4v) is 2.88. The van der Waals surface area contributed by atoms with E-state index in [1.807, 2.05) is 0 Å². The highest BCUT2D eigenvalue weighted by Gasteiger charge is 2.22. The van der Waals surface area contributed by atoms with E-state index in [4.69, 9.17) is 5.73 Å². The van der Waals surface area contributed by atoms with Crippen LogP contribution in [0.2, 0.25) is 0 Å². The summed E-state index contributed by atoms with van der Waals surface area (Å²) in [4.78, 5) is 5.03. The second-order valence-corrected chi connectivity index (χ2v) is 5.99. The summed E-state index contributed by atoms with van der Waals surface area (Å²) in [7, 11) is 2.24. The molecular weight excluding hydrogens is 210 g/mol. The van der Waals surface area contributed by atoms with Crippen LogP contribution in [-0.2, 0) is 0 Å². The minimum atomic E-state index is 0.337. The van der Waals surface area contributed by atoms with Crippen molar-refractivity contribution in [3.8, 4) is 0 Å². The first-order valence-electron chi connectivity index (χ1n) is 7.21. The van der Waals surface area contributed by atoms with Gasteiger partial charge in [-0.15, -0.1) is 0 Å². The second-order valence-electron chi connectivity index (χ2n) is 5.99. The number of nitrogens with two attached hydrogens (primary N) is 1. The number of likely N-dealkylation sites (N-methyl/N-ethyl adjacent to an activating group) is 1. The molecule has 1 unspecified atom stereocenters. The quantitative estimate of drug-likeness (QED) is 0.769. The molecule has 17 heavy (non-hydrogen) atoms. The molecule has 0 aromatic rings. The maximum absolute atomic E-state index is 6.18. The summed E-state index contributed by atoms with van der Waals surface area (Å²) >= 11 is 0. The number of hydrogen-bond donors (Lipinski definition) is 1. The van der Waals surface area contributed by atoms with Gasteiger partial charge in [-0.2, -0.15) is 0 Å². The van der Waals surface area contributed by atoms with E-state index >= 15 is 0 Å². The fourth-order valence-electron chi connectivity index (χ4n) is 2.88. The zero-order valence-electron chi connectivity index (χ0n) is 12.2. The summed E-state index contributed by atoms with van der Waals surface area (Å²) in [6.45, 7) is 11.5. The van der Waals surface area contributed by atoms with Gasteiger partial charge in [-0.3, -0.25) is 0 Å². The highest BCUT2D eigenvalue weighted by Crippen LogP contribution is 2.16. The van der Waals surface area contributed by atoms with Crippen molar-refractivity contribution in [2.45, 2.75) is 52.1 Å². The van der Waals surface area contributed by atoms with Gasteiger partial charge in [0.05, 0.1) is 0 Å². The Bertz CT molecular complexity index is 198. The van der Waals surface area contributed by atoms with Crippen LogP contribution >= 0.6 is 0 Å². The van der Waals surface area contributed by atoms with Gasteiger partial charge in [0.25, 0.3) is 0 Å². The van der Waals surface area contributed by atoms with Crippen molar-refractivity contribution >= 4 is 0 Å². The topological polar surface area (TPSA) is 32.5 Å². The number of nitrogens with zero attached hydrogens (tertiary/aromatic N) is 2. The third-order valence-electron chi connectivity index (χ3n) is 3.92. The van der Waals surface area contributed by atoms with Gasteiger partial charge in [-0.05, 0) is 51.9 Å². The summed E-state index contributed by atoms with van der Waals surface area (Å²) in [6.07, 6.45) is 3.75. The highest BCUT2D eigenvalue weighted by molar-refractivity contribution is 4.80. The Morgan fingerprint density at radius 3 is 2.35 bits per heavy atom. The third kappa shape index (κ3) is 5.36. The zero-order valence-corrected chi connectivity index (χ0v) is 12.2. The van der Waals surface area contributed by atoms with E-state index in [0.717, 1.165) is 19.0 Å². The standard InChI is InChI=1S/C14H31N3/c1-5-17-8-6-14(7-9-17)16(4)11-13(15)10-12(2)3/h12-14H,5-11,15H2,1-4H3. The van der Waals surface area contributed by atoms with Gasteiger partial charge in [-0.25, -0.2) is 0 Å². The molecule has 0 aromatic carbocycles. The first kappa shape index (κ1) is 14.9. The summed E-state index contributed by atoms with van der Waals surface area (Å²) in [5.41, 5.74) is 6.18. The number of rotatable bonds is 6. The summed E-state index contributed by atoms with van der Waals surface area (Å²) in [5, 5.41) is 0. The largest absolute Gasteiger partial charge is 0.327 e. The van der Waals surface area contributed by atoms with Crippen LogP contribution in [0.4, 0.5) is 0 Å². The number of likely N-dealkylation sites (tertiary alicyclic amines) is 1. The molecule has 1 rings (SSSR count). The minimum absolute atomic E-state index is 0.337. The average Bonchev–Trinajstić information content (AvgIpc) is 2.28. The van der Waals surface area contributed by atoms with E-state index in [2.05, 4.69) is 37.6 Å². The number of piperidine rings is 1. The molecule has 0 aliphatic carbocycles. The molecule has 3 heteroatoms. The molecule has 102 valence electrons. The Morgan fingerprint density at radius 1 is 1.29 bits per heavy atom. The van der Waals surface area contributed by atoms with Gasteiger partial charge in [0.1, 0.15) is 0 Å². The van der Waals surface area contributed by atoms with Crippen molar-refractivity contribution in [2.24, 2.45) is 11.7 Å². The van der Waals surface area contributed by atoms with Gasteiger partial charge in [0, 0.05) is 18.6 Å². The summed E-state index contributed by atoms with van der Waals surface area (Å²) in [6, 6.07) is 1.08. The first-order chi connectivity index (χ1) is 8.02. The molecule has 1 saturated heterocycles. The monoisotopic (exact) mass is 241 g/mol. The van der Waals surface area contributed by atoms with Crippen molar-refractivity contribution in [3.05, 3.63) is 0 Å². The zero-order chi connectivity index (χ0) is 12.8. The normalized spacial score (nSPS) is 21.4. The lowest BCUT2D eigenvalue weighted by Gasteiger charge is -2.37. The molecule has 1 aliphatic heterocycles. The molecule has 0 saturated carbocycles. The molecule has 0 bridgehead atoms. The van der Waals surface area contributed by atoms with Crippen LogP contribution in [0.5, 0.6) is 0 Å². The summed E-state index contributed by atoms with van der Waals surface area (Å²) < 4.78 is 0. The van der Waals surface area contributed by atoms with Crippen molar-refractivity contribution < 1.29 is 0 Å². The Morgan fingerprint density at radius 2 is 1.88 bits per heavy atom. The minimum Gasteiger partial charge on any atom is -0.327 e. The molecule has 2 N–H and O–H groups in total. The van der Waals surface area contributed by atoms with Crippen molar-refractivity contribution in [1.82, 2.24) is 9.80 Å². The van der Waals surface area contributed by atoms with Crippen molar-refractivity contribution in [3.63, 3.8) is 0 Å². The summed E-state index contributed by atoms with van der Waals surface area (Å²) in [5.74, 6) is 0.709. The Kier molecular flexibility index (Phi) is 6.45. The SMILES string of the molecule is CCN1CCC(N(C)CC(N)CC(C)C)CC1. The molecule has 0 amide bonds. The van der Waals surface area contributed by atoms with Gasteiger partial charge >= 0.3 is 0 Å². The Balaban J connectivity index is 2.26. The van der Waals surface area contributed by atoms with Crippen LogP contribution in [0.25, 0.3) is 0 Å². The van der Waals surface area contributed by atoms with Crippen LogP contribution in [0.3, 0.4) is 0 Å². The van der Waals surface area contributed by atoms with Gasteiger partial charge in [0.15, 0.2) is 0 Å². The van der Waals surface area contributed by atoms with Crippen molar-refractivity contribution in [2.75, 3.05) is 33.2 Å². The third-order valence-corrected chi connectivity index (χ3v) is 3.92. The lowest BCUT2D eigenvalue weighted by atomic mass is 10.0. The van der Waals surface area contributed by atoms with Crippen molar-refractivity contribution in [1.29, 1.82) is 0 Å². The van der Waals surface area contributed by atoms with Gasteiger partial charge in [-0.1, -0.05) is 20.8 Å². The maximum Gasteiger partial charge on any atom is 0.0170 e. The predicted molar refractivity (Wildman–Crippen MR) is 75.2 cm³/mol. The Labute approximate surface area is 107 Å². The van der Waals surface area contributed by atoms with E-state index in [1.54, 1.807) is 0 Å². The molecule has 1 atom stereocenters. The Hall–Kier alpha value is -0.120. The van der Waals surface area contributed by atoms with Crippen LogP contribution in [0.15, 0.2) is 0 Å². The smallest absolute Gasteiger partial charge is 0.0170 e. The predicted octanol–water partition coefficient (Wildman–Crippen LogP) is 1.78. The van der Waals surface area contributed by atoms with Gasteiger partial charge < -0.3 is 15.5 Å². The number of hydrogen-bond acceptors (Lipinski definition) is 3. The molecule has 1 fully saturated rings. The maximum atomic E-state index is 6.18. The van der Waals surface area contributed by atoms with E-state index in [0.29, 0.717) is 12.0 Å². The first-order valence-corrected chi connectivity index (χ1v) is 7.21. The molecule has 0 radical (unpaired) electrons. The van der Waals surface area contributed by atoms with E-state index in [9.17, 15) is 0 Å². The lowest BCUT2D eigenvalue weighted by Crippen LogP contribution is -2.47. The molecule has 0 spiro atoms. The lowest BCUT2D eigenvalue weighted by molar-refractivity contribution is 0.125. The molecule has 1 heterocycles. The highest BCUT2D eigenvalue weighted by atomic mass is 15.2. The van der Waals surface area contributed by atoms with E-state index in [-0.39, 0.29) is 0 Å². The van der Waals surface area contributed by atoms with Crippen LogP contribution in [0.1, 0.15) is 40.0 Å². The van der Waals surface area contributed by atoms with E-state index < -0.39 is 0 Å². The van der Waals surface area contributed by atoms with Gasteiger partial charge in [0.2, 0.25) is 0 Å².